The molecule has 3 rings (SSSR count). The van der Waals surface area contributed by atoms with Crippen molar-refractivity contribution in [2.24, 2.45) is 5.41 Å². The molecule has 1 aliphatic carbocycles. The van der Waals surface area contributed by atoms with E-state index in [0.29, 0.717) is 31.6 Å². The Bertz CT molecular complexity index is 784. The van der Waals surface area contributed by atoms with Crippen LogP contribution in [0.2, 0.25) is 0 Å². The van der Waals surface area contributed by atoms with Crippen molar-refractivity contribution in [2.45, 2.75) is 56.3 Å². The first-order chi connectivity index (χ1) is 12.5. The predicted molar refractivity (Wildman–Crippen MR) is 98.8 cm³/mol. The van der Waals surface area contributed by atoms with E-state index in [-0.39, 0.29) is 10.8 Å². The Kier molecular flexibility index (Phi) is 5.64. The molecular formula is C19H25N3O3S. The smallest absolute Gasteiger partial charge is 0.244 e. The minimum atomic E-state index is -3.48. The molecule has 7 heteroatoms. The standard InChI is InChI=1S/C19H25N3O3S/c20-15-19(11-3-1-4-12-19)18(23)21-16-7-9-17(10-8-16)26(24,25)22-13-5-2-6-14-22/h7-10H,1-6,11-14H2,(H,21,23). The fraction of sp³-hybridized carbons (Fsp3) is 0.579. The lowest BCUT2D eigenvalue weighted by atomic mass is 9.74. The Balaban J connectivity index is 1.71. The zero-order valence-electron chi connectivity index (χ0n) is 14.9. The number of anilines is 1. The molecule has 0 bridgehead atoms. The molecule has 0 aromatic heterocycles. The third-order valence-corrected chi connectivity index (χ3v) is 7.33. The van der Waals surface area contributed by atoms with Crippen molar-refractivity contribution in [2.75, 3.05) is 18.4 Å². The molecule has 1 aliphatic heterocycles. The van der Waals surface area contributed by atoms with Crippen LogP contribution in [0.3, 0.4) is 0 Å². The fourth-order valence-corrected chi connectivity index (χ4v) is 5.28. The average Bonchev–Trinajstić information content (AvgIpc) is 2.69. The summed E-state index contributed by atoms with van der Waals surface area (Å²) in [6, 6.07) is 8.46. The van der Waals surface area contributed by atoms with E-state index in [1.807, 2.05) is 0 Å². The summed E-state index contributed by atoms with van der Waals surface area (Å²) < 4.78 is 26.8. The first-order valence-electron chi connectivity index (χ1n) is 9.31. The van der Waals surface area contributed by atoms with Crippen molar-refractivity contribution in [1.82, 2.24) is 4.31 Å². The molecular weight excluding hydrogens is 350 g/mol. The summed E-state index contributed by atoms with van der Waals surface area (Å²) in [6.07, 6.45) is 6.83. The number of carbonyl (C=O) groups is 1. The van der Waals surface area contributed by atoms with Gasteiger partial charge in [0.05, 0.1) is 11.0 Å². The molecule has 140 valence electrons. The molecule has 1 heterocycles. The largest absolute Gasteiger partial charge is 0.325 e. The van der Waals surface area contributed by atoms with Crippen LogP contribution in [0, 0.1) is 16.7 Å². The number of carbonyl (C=O) groups excluding carboxylic acids is 1. The van der Waals surface area contributed by atoms with Gasteiger partial charge in [0, 0.05) is 18.8 Å². The zero-order chi connectivity index (χ0) is 18.6. The first kappa shape index (κ1) is 18.9. The molecule has 1 aromatic carbocycles. The minimum Gasteiger partial charge on any atom is -0.325 e. The van der Waals surface area contributed by atoms with Gasteiger partial charge in [0.25, 0.3) is 0 Å². The van der Waals surface area contributed by atoms with Gasteiger partial charge < -0.3 is 5.32 Å². The van der Waals surface area contributed by atoms with Crippen molar-refractivity contribution >= 4 is 21.6 Å². The van der Waals surface area contributed by atoms with Crippen molar-refractivity contribution in [3.05, 3.63) is 24.3 Å². The number of hydrogen-bond acceptors (Lipinski definition) is 4. The molecule has 1 saturated carbocycles. The second kappa shape index (κ2) is 7.77. The molecule has 0 spiro atoms. The number of nitrogens with zero attached hydrogens (tertiary/aromatic N) is 2. The molecule has 1 N–H and O–H groups in total. The van der Waals surface area contributed by atoms with E-state index in [9.17, 15) is 18.5 Å². The van der Waals surface area contributed by atoms with Crippen LogP contribution in [-0.2, 0) is 14.8 Å². The van der Waals surface area contributed by atoms with Gasteiger partial charge in [-0.15, -0.1) is 0 Å². The molecule has 1 aromatic rings. The maximum absolute atomic E-state index is 12.7. The number of sulfonamides is 1. The van der Waals surface area contributed by atoms with Gasteiger partial charge in [0.15, 0.2) is 0 Å². The number of nitrogens with one attached hydrogen (secondary N) is 1. The van der Waals surface area contributed by atoms with Crippen LogP contribution in [0.1, 0.15) is 51.4 Å². The lowest BCUT2D eigenvalue weighted by Crippen LogP contribution is -2.37. The number of piperidine rings is 1. The third kappa shape index (κ3) is 3.76. The maximum atomic E-state index is 12.7. The van der Waals surface area contributed by atoms with Crippen LogP contribution in [-0.4, -0.2) is 31.7 Å². The average molecular weight is 375 g/mol. The van der Waals surface area contributed by atoms with Gasteiger partial charge in [-0.05, 0) is 49.9 Å². The molecule has 26 heavy (non-hydrogen) atoms. The van der Waals surface area contributed by atoms with Gasteiger partial charge in [0.2, 0.25) is 15.9 Å². The Hall–Kier alpha value is -1.91. The third-order valence-electron chi connectivity index (χ3n) is 5.42. The van der Waals surface area contributed by atoms with Crippen LogP contribution in [0.4, 0.5) is 5.69 Å². The monoisotopic (exact) mass is 375 g/mol. The van der Waals surface area contributed by atoms with Gasteiger partial charge in [-0.2, -0.15) is 9.57 Å². The van der Waals surface area contributed by atoms with Crippen molar-refractivity contribution in [1.29, 1.82) is 5.26 Å². The van der Waals surface area contributed by atoms with Crippen LogP contribution in [0.25, 0.3) is 0 Å². The molecule has 0 unspecified atom stereocenters. The molecule has 0 radical (unpaired) electrons. The Labute approximate surface area is 155 Å². The number of amides is 1. The van der Waals surface area contributed by atoms with Crippen molar-refractivity contribution in [3.63, 3.8) is 0 Å². The van der Waals surface area contributed by atoms with E-state index in [2.05, 4.69) is 11.4 Å². The SMILES string of the molecule is N#CC1(C(=O)Nc2ccc(S(=O)(=O)N3CCCCC3)cc2)CCCCC1. The normalized spacial score (nSPS) is 20.9. The van der Waals surface area contributed by atoms with Gasteiger partial charge >= 0.3 is 0 Å². The highest BCUT2D eigenvalue weighted by molar-refractivity contribution is 7.89. The topological polar surface area (TPSA) is 90.3 Å². The van der Waals surface area contributed by atoms with E-state index in [1.165, 1.54) is 16.4 Å². The second-order valence-corrected chi connectivity index (χ2v) is 9.14. The van der Waals surface area contributed by atoms with Crippen molar-refractivity contribution < 1.29 is 13.2 Å². The van der Waals surface area contributed by atoms with E-state index >= 15 is 0 Å². The quantitative estimate of drug-likeness (QED) is 0.874. The Morgan fingerprint density at radius 1 is 1.00 bits per heavy atom. The van der Waals surface area contributed by atoms with Gasteiger partial charge in [-0.3, -0.25) is 4.79 Å². The first-order valence-corrected chi connectivity index (χ1v) is 10.7. The minimum absolute atomic E-state index is 0.241. The Morgan fingerprint density at radius 2 is 1.58 bits per heavy atom. The second-order valence-electron chi connectivity index (χ2n) is 7.20. The van der Waals surface area contributed by atoms with Gasteiger partial charge in [-0.1, -0.05) is 25.7 Å². The van der Waals surface area contributed by atoms with Crippen LogP contribution < -0.4 is 5.32 Å². The molecule has 0 atom stereocenters. The lowest BCUT2D eigenvalue weighted by molar-refractivity contribution is -0.124. The fourth-order valence-electron chi connectivity index (χ4n) is 3.76. The van der Waals surface area contributed by atoms with E-state index in [1.54, 1.807) is 12.1 Å². The van der Waals surface area contributed by atoms with Crippen LogP contribution in [0.5, 0.6) is 0 Å². The highest BCUT2D eigenvalue weighted by Gasteiger charge is 2.39. The molecule has 1 amide bonds. The van der Waals surface area contributed by atoms with Gasteiger partial charge in [0.1, 0.15) is 5.41 Å². The zero-order valence-corrected chi connectivity index (χ0v) is 15.7. The molecule has 6 nitrogen and oxygen atoms in total. The molecule has 2 aliphatic rings. The highest BCUT2D eigenvalue weighted by Crippen LogP contribution is 2.36. The number of hydrogen-bond donors (Lipinski definition) is 1. The molecule has 1 saturated heterocycles. The van der Waals surface area contributed by atoms with Crippen LogP contribution >= 0.6 is 0 Å². The van der Waals surface area contributed by atoms with Crippen LogP contribution in [0.15, 0.2) is 29.2 Å². The summed E-state index contributed by atoms with van der Waals surface area (Å²) in [6.45, 7) is 1.12. The summed E-state index contributed by atoms with van der Waals surface area (Å²) in [4.78, 5) is 12.8. The van der Waals surface area contributed by atoms with Crippen molar-refractivity contribution in [3.8, 4) is 6.07 Å². The number of rotatable bonds is 4. The lowest BCUT2D eigenvalue weighted by Gasteiger charge is -2.29. The summed E-state index contributed by atoms with van der Waals surface area (Å²) >= 11 is 0. The predicted octanol–water partition coefficient (Wildman–Crippen LogP) is 3.27. The van der Waals surface area contributed by atoms with E-state index < -0.39 is 15.4 Å². The molecule has 2 fully saturated rings. The number of benzene rings is 1. The Morgan fingerprint density at radius 3 is 2.15 bits per heavy atom. The maximum Gasteiger partial charge on any atom is 0.244 e. The summed E-state index contributed by atoms with van der Waals surface area (Å²) in [5.41, 5.74) is -0.440. The highest BCUT2D eigenvalue weighted by atomic mass is 32.2. The summed E-state index contributed by atoms with van der Waals surface area (Å²) in [5, 5.41) is 12.3. The van der Waals surface area contributed by atoms with E-state index in [0.717, 1.165) is 38.5 Å². The van der Waals surface area contributed by atoms with Gasteiger partial charge in [-0.25, -0.2) is 8.42 Å². The van der Waals surface area contributed by atoms with E-state index in [4.69, 9.17) is 0 Å². The summed E-state index contributed by atoms with van der Waals surface area (Å²) in [5.74, 6) is -0.286. The number of nitriles is 1. The summed E-state index contributed by atoms with van der Waals surface area (Å²) in [7, 11) is -3.48.